The highest BCUT2D eigenvalue weighted by Crippen LogP contribution is 2.42. The van der Waals surface area contributed by atoms with Gasteiger partial charge in [-0.1, -0.05) is 71.3 Å². The summed E-state index contributed by atoms with van der Waals surface area (Å²) in [6.07, 6.45) is 0.337. The lowest BCUT2D eigenvalue weighted by Crippen LogP contribution is -2.48. The summed E-state index contributed by atoms with van der Waals surface area (Å²) < 4.78 is 8.20. The first-order valence-corrected chi connectivity index (χ1v) is 14.5. The second-order valence-corrected chi connectivity index (χ2v) is 15.8. The van der Waals surface area contributed by atoms with Crippen LogP contribution in [0.1, 0.15) is 73.6 Å². The normalized spacial score (nSPS) is 14.4. The van der Waals surface area contributed by atoms with Crippen molar-refractivity contribution in [1.29, 1.82) is 0 Å². The minimum atomic E-state index is -2.11. The van der Waals surface area contributed by atoms with E-state index in [9.17, 15) is 14.7 Å². The van der Waals surface area contributed by atoms with Gasteiger partial charge in [0.15, 0.2) is 14.0 Å². The first-order valence-electron chi connectivity index (χ1n) is 12.0. The zero-order chi connectivity index (χ0) is 25.2. The summed E-state index contributed by atoms with van der Waals surface area (Å²) in [6, 6.07) is 7.44. The average Bonchev–Trinajstić information content (AvgIpc) is 3.13. The van der Waals surface area contributed by atoms with E-state index in [0.717, 1.165) is 5.56 Å². The molecule has 1 aromatic heterocycles. The van der Waals surface area contributed by atoms with Crippen molar-refractivity contribution in [2.45, 2.75) is 77.7 Å². The standard InChI is InChI=1S/C25H36ClN3O4Si/c1-16(2)34(17(3)4,18(5)6)33-14-11-20-22(25(31)32)27-29-13-12-28(24(30)23(20)29)15-19-9-7-8-10-21(19)26/h7-10,16-18H,11-15H2,1-6H3,(H,31,32). The van der Waals surface area contributed by atoms with E-state index >= 15 is 0 Å². The zero-order valence-electron chi connectivity index (χ0n) is 21.0. The van der Waals surface area contributed by atoms with E-state index in [2.05, 4.69) is 46.6 Å². The topological polar surface area (TPSA) is 84.7 Å². The van der Waals surface area contributed by atoms with Crippen LogP contribution in [0.2, 0.25) is 21.6 Å². The quantitative estimate of drug-likeness (QED) is 0.423. The second-order valence-electron chi connectivity index (χ2n) is 9.94. The molecular weight excluding hydrogens is 470 g/mol. The van der Waals surface area contributed by atoms with E-state index in [-0.39, 0.29) is 11.6 Å². The Morgan fingerprint density at radius 1 is 1.12 bits per heavy atom. The van der Waals surface area contributed by atoms with Gasteiger partial charge in [-0.3, -0.25) is 9.48 Å². The average molecular weight is 506 g/mol. The number of carbonyl (C=O) groups is 2. The van der Waals surface area contributed by atoms with Crippen LogP contribution in [0.4, 0.5) is 0 Å². The van der Waals surface area contributed by atoms with Crippen molar-refractivity contribution in [3.05, 3.63) is 51.8 Å². The number of benzene rings is 1. The number of nitrogens with zero attached hydrogens (tertiary/aromatic N) is 3. The van der Waals surface area contributed by atoms with Crippen molar-refractivity contribution in [3.8, 4) is 0 Å². The molecule has 2 aromatic rings. The SMILES string of the molecule is CC(C)[Si](OCCc1c(C(=O)O)nn2c1C(=O)N(Cc1ccccc1Cl)CC2)(C(C)C)C(C)C. The highest BCUT2D eigenvalue weighted by atomic mass is 35.5. The monoisotopic (exact) mass is 505 g/mol. The zero-order valence-corrected chi connectivity index (χ0v) is 22.7. The van der Waals surface area contributed by atoms with Gasteiger partial charge in [0.2, 0.25) is 0 Å². The number of hydrogen-bond donors (Lipinski definition) is 1. The predicted molar refractivity (Wildman–Crippen MR) is 136 cm³/mol. The predicted octanol–water partition coefficient (Wildman–Crippen LogP) is 5.63. The van der Waals surface area contributed by atoms with Crippen LogP contribution in [0.5, 0.6) is 0 Å². The molecule has 0 radical (unpaired) electrons. The number of aromatic nitrogens is 2. The molecule has 1 aliphatic rings. The number of rotatable bonds is 10. The Morgan fingerprint density at radius 3 is 2.29 bits per heavy atom. The number of hydrogen-bond acceptors (Lipinski definition) is 4. The molecule has 7 nitrogen and oxygen atoms in total. The molecular formula is C25H36ClN3O4Si. The molecule has 9 heteroatoms. The van der Waals surface area contributed by atoms with Crippen LogP contribution in [-0.4, -0.2) is 53.1 Å². The fourth-order valence-electron chi connectivity index (χ4n) is 5.59. The molecule has 0 unspecified atom stereocenters. The molecule has 0 aliphatic carbocycles. The summed E-state index contributed by atoms with van der Waals surface area (Å²) in [7, 11) is -2.11. The summed E-state index contributed by atoms with van der Waals surface area (Å²) in [5, 5.41) is 14.7. The Morgan fingerprint density at radius 2 is 1.74 bits per heavy atom. The second kappa shape index (κ2) is 10.6. The maximum Gasteiger partial charge on any atom is 0.356 e. The van der Waals surface area contributed by atoms with Crippen LogP contribution < -0.4 is 0 Å². The maximum absolute atomic E-state index is 13.5. The fraction of sp³-hybridized carbons (Fsp3) is 0.560. The molecule has 2 heterocycles. The molecule has 1 amide bonds. The molecule has 0 fully saturated rings. The highest BCUT2D eigenvalue weighted by Gasteiger charge is 2.45. The third kappa shape index (κ3) is 4.94. The Balaban J connectivity index is 1.88. The smallest absolute Gasteiger partial charge is 0.356 e. The molecule has 0 atom stereocenters. The maximum atomic E-state index is 13.5. The molecule has 1 aromatic carbocycles. The van der Waals surface area contributed by atoms with Gasteiger partial charge < -0.3 is 14.4 Å². The molecule has 0 saturated carbocycles. The fourth-order valence-corrected chi connectivity index (χ4v) is 11.2. The van der Waals surface area contributed by atoms with Crippen LogP contribution in [0.3, 0.4) is 0 Å². The lowest BCUT2D eigenvalue weighted by molar-refractivity contribution is 0.0670. The van der Waals surface area contributed by atoms with Gasteiger partial charge in [0.1, 0.15) is 5.69 Å². The number of fused-ring (bicyclic) bond motifs is 1. The van der Waals surface area contributed by atoms with Gasteiger partial charge in [-0.15, -0.1) is 0 Å². The lowest BCUT2D eigenvalue weighted by atomic mass is 10.1. The van der Waals surface area contributed by atoms with Gasteiger partial charge in [0.25, 0.3) is 5.91 Å². The Hall–Kier alpha value is -2.16. The molecule has 3 rings (SSSR count). The first-order chi connectivity index (χ1) is 16.0. The van der Waals surface area contributed by atoms with Crippen LogP contribution in [0.15, 0.2) is 24.3 Å². The van der Waals surface area contributed by atoms with E-state index in [1.807, 2.05) is 18.2 Å². The van der Waals surface area contributed by atoms with Crippen molar-refractivity contribution in [2.24, 2.45) is 0 Å². The van der Waals surface area contributed by atoms with Crippen LogP contribution in [0, 0.1) is 0 Å². The van der Waals surface area contributed by atoms with Gasteiger partial charge in [-0.05, 0) is 34.7 Å². The number of amides is 1. The van der Waals surface area contributed by atoms with E-state index in [4.69, 9.17) is 16.0 Å². The summed E-state index contributed by atoms with van der Waals surface area (Å²) in [4.78, 5) is 27.2. The Labute approximate surface area is 208 Å². The largest absolute Gasteiger partial charge is 0.476 e. The summed E-state index contributed by atoms with van der Waals surface area (Å²) in [5.41, 5.74) is 2.86. The van der Waals surface area contributed by atoms with Crippen LogP contribution in [0.25, 0.3) is 0 Å². The van der Waals surface area contributed by atoms with Gasteiger partial charge in [0, 0.05) is 30.3 Å². The highest BCUT2D eigenvalue weighted by molar-refractivity contribution is 6.77. The molecule has 0 spiro atoms. The Bertz CT molecular complexity index is 1030. The van der Waals surface area contributed by atoms with Crippen molar-refractivity contribution in [2.75, 3.05) is 13.2 Å². The first kappa shape index (κ1) is 26.4. The molecule has 0 saturated heterocycles. The van der Waals surface area contributed by atoms with Gasteiger partial charge in [-0.2, -0.15) is 5.10 Å². The van der Waals surface area contributed by atoms with E-state index in [1.54, 1.807) is 15.6 Å². The number of aromatic carboxylic acids is 1. The Kier molecular flexibility index (Phi) is 8.26. The third-order valence-electron chi connectivity index (χ3n) is 7.05. The van der Waals surface area contributed by atoms with Crippen LogP contribution >= 0.6 is 11.6 Å². The van der Waals surface area contributed by atoms with Gasteiger partial charge in [-0.25, -0.2) is 4.79 Å². The number of halogens is 1. The lowest BCUT2D eigenvalue weighted by Gasteiger charge is -2.42. The van der Waals surface area contributed by atoms with E-state index in [0.29, 0.717) is 65.6 Å². The number of carboxylic acid groups (broad SMARTS) is 1. The minimum Gasteiger partial charge on any atom is -0.476 e. The molecule has 34 heavy (non-hydrogen) atoms. The molecule has 1 aliphatic heterocycles. The van der Waals surface area contributed by atoms with Crippen molar-refractivity contribution in [3.63, 3.8) is 0 Å². The summed E-state index contributed by atoms with van der Waals surface area (Å²) >= 11 is 6.31. The van der Waals surface area contributed by atoms with E-state index in [1.165, 1.54) is 0 Å². The summed E-state index contributed by atoms with van der Waals surface area (Å²) in [6.45, 7) is 14.9. The van der Waals surface area contributed by atoms with E-state index < -0.39 is 14.3 Å². The van der Waals surface area contributed by atoms with Gasteiger partial charge >= 0.3 is 5.97 Å². The van der Waals surface area contributed by atoms with Crippen molar-refractivity contribution < 1.29 is 19.1 Å². The number of carbonyl (C=O) groups excluding carboxylic acids is 1. The summed E-state index contributed by atoms with van der Waals surface area (Å²) in [5.74, 6) is -1.34. The minimum absolute atomic E-state index is 0.0579. The van der Waals surface area contributed by atoms with Crippen LogP contribution in [-0.2, 0) is 23.9 Å². The number of carboxylic acids is 1. The molecule has 1 N–H and O–H groups in total. The van der Waals surface area contributed by atoms with Gasteiger partial charge in [0.05, 0.1) is 6.54 Å². The third-order valence-corrected chi connectivity index (χ3v) is 13.5. The molecule has 0 bridgehead atoms. The van der Waals surface area contributed by atoms with Crippen molar-refractivity contribution >= 4 is 31.8 Å². The molecule has 186 valence electrons. The van der Waals surface area contributed by atoms with Crippen molar-refractivity contribution in [1.82, 2.24) is 14.7 Å².